The van der Waals surface area contributed by atoms with Crippen LogP contribution < -0.4 is 0 Å². The first-order valence-corrected chi connectivity index (χ1v) is 6.32. The van der Waals surface area contributed by atoms with Crippen molar-refractivity contribution >= 4 is 12.1 Å². The fraction of sp³-hybridized carbons (Fsp3) is 0.846. The van der Waals surface area contributed by atoms with Gasteiger partial charge < -0.3 is 14.7 Å². The summed E-state index contributed by atoms with van der Waals surface area (Å²) in [7, 11) is 0. The lowest BCUT2D eigenvalue weighted by Gasteiger charge is -2.37. The number of carbonyl (C=O) groups is 2. The molecule has 1 amide bonds. The number of piperidine rings is 1. The number of amides is 1. The molecule has 2 atom stereocenters. The summed E-state index contributed by atoms with van der Waals surface area (Å²) in [6.45, 7) is 7.67. The molecule has 1 aliphatic heterocycles. The number of aliphatic carboxylic acids is 1. The number of rotatable bonds is 1. The van der Waals surface area contributed by atoms with Crippen molar-refractivity contribution in [3.8, 4) is 0 Å². The molecule has 1 aliphatic carbocycles. The van der Waals surface area contributed by atoms with E-state index in [2.05, 4.69) is 0 Å². The third-order valence-corrected chi connectivity index (χ3v) is 4.04. The van der Waals surface area contributed by atoms with Crippen molar-refractivity contribution in [3.63, 3.8) is 0 Å². The van der Waals surface area contributed by atoms with Gasteiger partial charge in [0.25, 0.3) is 0 Å². The highest BCUT2D eigenvalue weighted by Crippen LogP contribution is 2.54. The van der Waals surface area contributed by atoms with Gasteiger partial charge in [-0.05, 0) is 47.0 Å². The molecule has 2 rings (SSSR count). The average Bonchev–Trinajstić information content (AvgIpc) is 2.66. The maximum absolute atomic E-state index is 12.1. The second-order valence-corrected chi connectivity index (χ2v) is 6.83. The predicted molar refractivity (Wildman–Crippen MR) is 65.3 cm³/mol. The second kappa shape index (κ2) is 3.62. The molecule has 102 valence electrons. The van der Waals surface area contributed by atoms with Gasteiger partial charge in [-0.25, -0.2) is 4.79 Å². The Morgan fingerprint density at radius 3 is 2.33 bits per heavy atom. The SMILES string of the molecule is CC(C)(C)OC(=O)N1CC2(C(=O)O)CCC1(C)C2. The van der Waals surface area contributed by atoms with Gasteiger partial charge in [-0.2, -0.15) is 0 Å². The minimum absolute atomic E-state index is 0.272. The summed E-state index contributed by atoms with van der Waals surface area (Å²) >= 11 is 0. The van der Waals surface area contributed by atoms with Crippen molar-refractivity contribution in [1.82, 2.24) is 4.90 Å². The number of carboxylic acid groups (broad SMARTS) is 1. The van der Waals surface area contributed by atoms with E-state index in [1.165, 1.54) is 0 Å². The summed E-state index contributed by atoms with van der Waals surface area (Å²) in [5, 5.41) is 9.36. The first-order chi connectivity index (χ1) is 8.08. The Morgan fingerprint density at radius 2 is 1.89 bits per heavy atom. The molecular formula is C13H21NO4. The maximum atomic E-state index is 12.1. The molecular weight excluding hydrogens is 234 g/mol. The molecule has 2 fully saturated rings. The molecule has 0 aromatic carbocycles. The van der Waals surface area contributed by atoms with E-state index < -0.39 is 23.1 Å². The summed E-state index contributed by atoms with van der Waals surface area (Å²) in [5.74, 6) is -0.794. The van der Waals surface area contributed by atoms with Crippen LogP contribution in [0.5, 0.6) is 0 Å². The topological polar surface area (TPSA) is 66.8 Å². The van der Waals surface area contributed by atoms with Crippen LogP contribution in [0.4, 0.5) is 4.79 Å². The quantitative estimate of drug-likeness (QED) is 0.780. The molecule has 0 aromatic rings. The fourth-order valence-electron chi connectivity index (χ4n) is 3.13. The number of likely N-dealkylation sites (tertiary alicyclic amines) is 1. The fourth-order valence-corrected chi connectivity index (χ4v) is 3.13. The van der Waals surface area contributed by atoms with Crippen LogP contribution in [0.25, 0.3) is 0 Å². The second-order valence-electron chi connectivity index (χ2n) is 6.83. The van der Waals surface area contributed by atoms with Gasteiger partial charge >= 0.3 is 12.1 Å². The predicted octanol–water partition coefficient (Wildman–Crippen LogP) is 2.25. The number of nitrogens with zero attached hydrogens (tertiary/aromatic N) is 1. The Labute approximate surface area is 107 Å². The van der Waals surface area contributed by atoms with Gasteiger partial charge in [0.1, 0.15) is 5.60 Å². The molecule has 1 saturated heterocycles. The molecule has 18 heavy (non-hydrogen) atoms. The minimum Gasteiger partial charge on any atom is -0.481 e. The van der Waals surface area contributed by atoms with Crippen molar-refractivity contribution in [1.29, 1.82) is 0 Å². The Bertz CT molecular complexity index is 400. The number of hydrogen-bond acceptors (Lipinski definition) is 3. The molecule has 2 bridgehead atoms. The molecule has 1 saturated carbocycles. The van der Waals surface area contributed by atoms with E-state index in [-0.39, 0.29) is 12.1 Å². The molecule has 0 aromatic heterocycles. The highest BCUT2D eigenvalue weighted by molar-refractivity contribution is 5.80. The van der Waals surface area contributed by atoms with E-state index in [1.807, 2.05) is 27.7 Å². The molecule has 0 spiro atoms. The monoisotopic (exact) mass is 255 g/mol. The van der Waals surface area contributed by atoms with E-state index in [4.69, 9.17) is 4.74 Å². The lowest BCUT2D eigenvalue weighted by Crippen LogP contribution is -2.49. The smallest absolute Gasteiger partial charge is 0.410 e. The van der Waals surface area contributed by atoms with Gasteiger partial charge in [0.05, 0.1) is 5.41 Å². The van der Waals surface area contributed by atoms with Gasteiger partial charge in [-0.1, -0.05) is 0 Å². The number of carbonyl (C=O) groups excluding carboxylic acids is 1. The standard InChI is InChI=1S/C13H21NO4/c1-11(2,3)18-10(17)14-8-13(9(15)16)6-5-12(14,4)7-13/h5-8H2,1-4H3,(H,15,16). The third kappa shape index (κ3) is 1.95. The van der Waals surface area contributed by atoms with Crippen molar-refractivity contribution in [2.24, 2.45) is 5.41 Å². The van der Waals surface area contributed by atoms with Crippen LogP contribution >= 0.6 is 0 Å². The molecule has 2 unspecified atom stereocenters. The van der Waals surface area contributed by atoms with E-state index in [0.717, 1.165) is 6.42 Å². The van der Waals surface area contributed by atoms with Gasteiger partial charge in [-0.15, -0.1) is 0 Å². The van der Waals surface area contributed by atoms with E-state index in [0.29, 0.717) is 12.8 Å². The number of hydrogen-bond donors (Lipinski definition) is 1. The summed E-state index contributed by atoms with van der Waals surface area (Å²) in [4.78, 5) is 25.1. The number of carboxylic acids is 1. The molecule has 1 N–H and O–H groups in total. The minimum atomic E-state index is -0.794. The lowest BCUT2D eigenvalue weighted by molar-refractivity contribution is -0.148. The summed E-state index contributed by atoms with van der Waals surface area (Å²) in [6.07, 6.45) is 1.53. The molecule has 5 heteroatoms. The summed E-state index contributed by atoms with van der Waals surface area (Å²) < 4.78 is 5.36. The summed E-state index contributed by atoms with van der Waals surface area (Å²) in [6, 6.07) is 0. The average molecular weight is 255 g/mol. The zero-order chi connectivity index (χ0) is 13.8. The van der Waals surface area contributed by atoms with Crippen molar-refractivity contribution < 1.29 is 19.4 Å². The largest absolute Gasteiger partial charge is 0.481 e. The Kier molecular flexibility index (Phi) is 2.65. The third-order valence-electron chi connectivity index (χ3n) is 4.04. The zero-order valence-electron chi connectivity index (χ0n) is 11.4. The first-order valence-electron chi connectivity index (χ1n) is 6.32. The van der Waals surface area contributed by atoms with Gasteiger partial charge in [0.2, 0.25) is 0 Å². The van der Waals surface area contributed by atoms with Gasteiger partial charge in [0, 0.05) is 12.1 Å². The summed E-state index contributed by atoms with van der Waals surface area (Å²) in [5.41, 5.74) is -1.67. The normalized spacial score (nSPS) is 34.8. The van der Waals surface area contributed by atoms with E-state index in [1.54, 1.807) is 4.90 Å². The van der Waals surface area contributed by atoms with E-state index >= 15 is 0 Å². The first kappa shape index (κ1) is 13.2. The molecule has 0 radical (unpaired) electrons. The number of fused-ring (bicyclic) bond motifs is 2. The highest BCUT2D eigenvalue weighted by Gasteiger charge is 2.62. The lowest BCUT2D eigenvalue weighted by atomic mass is 9.87. The van der Waals surface area contributed by atoms with Crippen molar-refractivity contribution in [2.45, 2.75) is 58.1 Å². The molecule has 5 nitrogen and oxygen atoms in total. The van der Waals surface area contributed by atoms with E-state index in [9.17, 15) is 14.7 Å². The Hall–Kier alpha value is -1.26. The highest BCUT2D eigenvalue weighted by atomic mass is 16.6. The maximum Gasteiger partial charge on any atom is 0.410 e. The van der Waals surface area contributed by atoms with Crippen LogP contribution in [0.15, 0.2) is 0 Å². The molecule has 1 heterocycles. The van der Waals surface area contributed by atoms with Crippen LogP contribution in [0, 0.1) is 5.41 Å². The molecule has 2 aliphatic rings. The van der Waals surface area contributed by atoms with Crippen LogP contribution in [0.3, 0.4) is 0 Å². The Balaban J connectivity index is 2.18. The zero-order valence-corrected chi connectivity index (χ0v) is 11.4. The van der Waals surface area contributed by atoms with Crippen LogP contribution in [-0.4, -0.2) is 39.8 Å². The van der Waals surface area contributed by atoms with Crippen LogP contribution in [0.2, 0.25) is 0 Å². The Morgan fingerprint density at radius 1 is 1.28 bits per heavy atom. The van der Waals surface area contributed by atoms with Crippen molar-refractivity contribution in [3.05, 3.63) is 0 Å². The van der Waals surface area contributed by atoms with Crippen molar-refractivity contribution in [2.75, 3.05) is 6.54 Å². The van der Waals surface area contributed by atoms with Gasteiger partial charge in [-0.3, -0.25) is 4.79 Å². The van der Waals surface area contributed by atoms with Crippen LogP contribution in [0.1, 0.15) is 47.0 Å². The number of ether oxygens (including phenoxy) is 1. The van der Waals surface area contributed by atoms with Gasteiger partial charge in [0.15, 0.2) is 0 Å². The van der Waals surface area contributed by atoms with Crippen LogP contribution in [-0.2, 0) is 9.53 Å².